The maximum Gasteiger partial charge on any atom is 0.140 e. The first kappa shape index (κ1) is 15.6. The van der Waals surface area contributed by atoms with E-state index in [4.69, 9.17) is 27.9 Å². The summed E-state index contributed by atoms with van der Waals surface area (Å²) in [6.07, 6.45) is 2.72. The quantitative estimate of drug-likeness (QED) is 0.666. The molecule has 1 aromatic carbocycles. The zero-order valence-electron chi connectivity index (χ0n) is 12.2. The van der Waals surface area contributed by atoms with Gasteiger partial charge in [-0.2, -0.15) is 0 Å². The smallest absolute Gasteiger partial charge is 0.140 e. The van der Waals surface area contributed by atoms with Crippen LogP contribution in [0.25, 0.3) is 17.0 Å². The van der Waals surface area contributed by atoms with Crippen LogP contribution in [0.5, 0.6) is 5.75 Å². The first-order valence-corrected chi connectivity index (χ1v) is 7.87. The Morgan fingerprint density at radius 2 is 2.14 bits per heavy atom. The SMILES string of the molecule is C=Cc1cc2cc(Cl)c(OCC3CC(C)(F)C3)cc2nc1Cl. The van der Waals surface area contributed by atoms with E-state index in [0.717, 1.165) is 10.9 Å². The first-order valence-electron chi connectivity index (χ1n) is 7.12. The summed E-state index contributed by atoms with van der Waals surface area (Å²) in [4.78, 5) is 4.33. The van der Waals surface area contributed by atoms with E-state index in [1.54, 1.807) is 25.1 Å². The van der Waals surface area contributed by atoms with Crippen LogP contribution in [0.1, 0.15) is 25.3 Å². The van der Waals surface area contributed by atoms with E-state index in [-0.39, 0.29) is 5.92 Å². The van der Waals surface area contributed by atoms with Crippen molar-refractivity contribution < 1.29 is 9.13 Å². The Morgan fingerprint density at radius 3 is 2.77 bits per heavy atom. The van der Waals surface area contributed by atoms with Crippen LogP contribution in [0.4, 0.5) is 4.39 Å². The summed E-state index contributed by atoms with van der Waals surface area (Å²) in [5.41, 5.74) is 0.423. The summed E-state index contributed by atoms with van der Waals surface area (Å²) >= 11 is 12.3. The fourth-order valence-corrected chi connectivity index (χ4v) is 3.34. The molecule has 2 nitrogen and oxygen atoms in total. The van der Waals surface area contributed by atoms with Crippen LogP contribution in [-0.2, 0) is 0 Å². The highest BCUT2D eigenvalue weighted by atomic mass is 35.5. The number of fused-ring (bicyclic) bond motifs is 1. The fraction of sp³-hybridized carbons (Fsp3) is 0.353. The van der Waals surface area contributed by atoms with E-state index in [1.807, 2.05) is 6.07 Å². The molecule has 0 unspecified atom stereocenters. The lowest BCUT2D eigenvalue weighted by molar-refractivity contribution is 0.00247. The minimum atomic E-state index is -1.04. The monoisotopic (exact) mass is 339 g/mol. The zero-order chi connectivity index (χ0) is 15.9. The third kappa shape index (κ3) is 3.06. The third-order valence-corrected chi connectivity index (χ3v) is 4.57. The van der Waals surface area contributed by atoms with Crippen molar-refractivity contribution in [1.29, 1.82) is 0 Å². The van der Waals surface area contributed by atoms with Crippen molar-refractivity contribution in [3.05, 3.63) is 40.5 Å². The number of nitrogens with zero attached hydrogens (tertiary/aromatic N) is 1. The van der Waals surface area contributed by atoms with Crippen LogP contribution in [-0.4, -0.2) is 17.3 Å². The summed E-state index contributed by atoms with van der Waals surface area (Å²) in [7, 11) is 0. The van der Waals surface area contributed by atoms with Gasteiger partial charge in [-0.15, -0.1) is 0 Å². The summed E-state index contributed by atoms with van der Waals surface area (Å²) < 4.78 is 19.2. The molecule has 0 bridgehead atoms. The Kier molecular flexibility index (Phi) is 4.04. The standard InChI is InChI=1S/C17H16Cl2FNO/c1-3-11-4-12-5-13(18)15(6-14(12)21-16(11)19)22-9-10-7-17(2,20)8-10/h3-6,10H,1,7-9H2,2H3. The van der Waals surface area contributed by atoms with Crippen LogP contribution in [0, 0.1) is 5.92 Å². The van der Waals surface area contributed by atoms with E-state index in [9.17, 15) is 4.39 Å². The molecule has 1 aromatic heterocycles. The van der Waals surface area contributed by atoms with Gasteiger partial charge in [0, 0.05) is 17.0 Å². The molecule has 0 radical (unpaired) electrons. The van der Waals surface area contributed by atoms with Crippen molar-refractivity contribution in [2.24, 2.45) is 5.92 Å². The maximum atomic E-state index is 13.5. The average Bonchev–Trinajstić information content (AvgIpc) is 2.42. The van der Waals surface area contributed by atoms with Gasteiger partial charge >= 0.3 is 0 Å². The van der Waals surface area contributed by atoms with Crippen molar-refractivity contribution in [1.82, 2.24) is 4.98 Å². The van der Waals surface area contributed by atoms with Crippen LogP contribution in [0.2, 0.25) is 10.2 Å². The largest absolute Gasteiger partial charge is 0.492 e. The lowest BCUT2D eigenvalue weighted by Crippen LogP contribution is -2.39. The lowest BCUT2D eigenvalue weighted by atomic mass is 9.74. The maximum absolute atomic E-state index is 13.5. The molecule has 0 saturated heterocycles. The number of aromatic nitrogens is 1. The molecule has 1 aliphatic rings. The van der Waals surface area contributed by atoms with Gasteiger partial charge in [0.25, 0.3) is 0 Å². The summed E-state index contributed by atoms with van der Waals surface area (Å²) in [6.45, 7) is 5.78. The normalized spacial score (nSPS) is 24.1. The Bertz CT molecular complexity index is 737. The summed E-state index contributed by atoms with van der Waals surface area (Å²) in [6, 6.07) is 5.44. The molecule has 3 rings (SSSR count). The van der Waals surface area contributed by atoms with Crippen molar-refractivity contribution in [2.45, 2.75) is 25.4 Å². The second-order valence-electron chi connectivity index (χ2n) is 6.05. The number of halogens is 3. The summed E-state index contributed by atoms with van der Waals surface area (Å²) in [5.74, 6) is 0.790. The zero-order valence-corrected chi connectivity index (χ0v) is 13.7. The van der Waals surface area contributed by atoms with E-state index in [0.29, 0.717) is 40.9 Å². The van der Waals surface area contributed by atoms with Crippen molar-refractivity contribution in [2.75, 3.05) is 6.61 Å². The minimum absolute atomic E-state index is 0.237. The second kappa shape index (κ2) is 5.71. The van der Waals surface area contributed by atoms with E-state index >= 15 is 0 Å². The molecule has 1 heterocycles. The molecule has 22 heavy (non-hydrogen) atoms. The van der Waals surface area contributed by atoms with Gasteiger partial charge < -0.3 is 4.74 Å². The summed E-state index contributed by atoms with van der Waals surface area (Å²) in [5, 5.41) is 1.77. The molecule has 116 valence electrons. The van der Waals surface area contributed by atoms with Gasteiger partial charge in [-0.3, -0.25) is 0 Å². The van der Waals surface area contributed by atoms with E-state index in [2.05, 4.69) is 11.6 Å². The molecule has 2 aromatic rings. The van der Waals surface area contributed by atoms with Gasteiger partial charge in [0.2, 0.25) is 0 Å². The molecule has 0 N–H and O–H groups in total. The number of ether oxygens (including phenoxy) is 1. The van der Waals surface area contributed by atoms with E-state index < -0.39 is 5.67 Å². The number of benzene rings is 1. The Hall–Kier alpha value is -1.32. The molecular formula is C17H16Cl2FNO. The molecule has 1 fully saturated rings. The van der Waals surface area contributed by atoms with Gasteiger partial charge in [-0.25, -0.2) is 9.37 Å². The fourth-order valence-electron chi connectivity index (χ4n) is 2.89. The van der Waals surface area contributed by atoms with Crippen molar-refractivity contribution in [3.63, 3.8) is 0 Å². The van der Waals surface area contributed by atoms with Gasteiger partial charge in [0.05, 0.1) is 17.1 Å². The predicted molar refractivity (Wildman–Crippen MR) is 89.6 cm³/mol. The second-order valence-corrected chi connectivity index (χ2v) is 6.81. The third-order valence-electron chi connectivity index (χ3n) is 3.97. The van der Waals surface area contributed by atoms with Crippen molar-refractivity contribution in [3.8, 4) is 5.75 Å². The number of hydrogen-bond acceptors (Lipinski definition) is 2. The van der Waals surface area contributed by atoms with E-state index in [1.165, 1.54) is 0 Å². The minimum Gasteiger partial charge on any atom is -0.492 e. The molecule has 5 heteroatoms. The molecule has 0 amide bonds. The molecule has 1 saturated carbocycles. The number of pyridine rings is 1. The van der Waals surface area contributed by atoms with Crippen LogP contribution in [0.3, 0.4) is 0 Å². The number of hydrogen-bond donors (Lipinski definition) is 0. The molecule has 0 aliphatic heterocycles. The Labute approximate surface area is 138 Å². The highest BCUT2D eigenvalue weighted by Gasteiger charge is 2.40. The van der Waals surface area contributed by atoms with Crippen LogP contribution < -0.4 is 4.74 Å². The van der Waals surface area contributed by atoms with Gasteiger partial charge in [0.1, 0.15) is 16.6 Å². The molecule has 1 aliphatic carbocycles. The highest BCUT2D eigenvalue weighted by molar-refractivity contribution is 6.33. The van der Waals surface area contributed by atoms with Crippen molar-refractivity contribution >= 4 is 40.2 Å². The van der Waals surface area contributed by atoms with Crippen LogP contribution >= 0.6 is 23.2 Å². The van der Waals surface area contributed by atoms with Gasteiger partial charge in [-0.1, -0.05) is 35.9 Å². The number of alkyl halides is 1. The van der Waals surface area contributed by atoms with Gasteiger partial charge in [0.15, 0.2) is 0 Å². The molecule has 0 atom stereocenters. The number of rotatable bonds is 4. The first-order chi connectivity index (χ1) is 10.4. The molecular weight excluding hydrogens is 324 g/mol. The van der Waals surface area contributed by atoms with Crippen LogP contribution in [0.15, 0.2) is 24.8 Å². The predicted octanol–water partition coefficient (Wildman–Crippen LogP) is 5.70. The van der Waals surface area contributed by atoms with Gasteiger partial charge in [-0.05, 0) is 37.8 Å². The Morgan fingerprint density at radius 1 is 1.41 bits per heavy atom. The topological polar surface area (TPSA) is 22.1 Å². The lowest BCUT2D eigenvalue weighted by Gasteiger charge is -2.38. The molecule has 0 spiro atoms. The highest BCUT2D eigenvalue weighted by Crippen LogP contribution is 2.41. The average molecular weight is 340 g/mol. The Balaban J connectivity index is 1.81.